The largest absolute Gasteiger partial charge is 0.496 e. The number of para-hydroxylation sites is 1. The number of rotatable bonds is 4. The molecule has 112 valence electrons. The predicted octanol–water partition coefficient (Wildman–Crippen LogP) is 5.24. The van der Waals surface area contributed by atoms with Crippen molar-refractivity contribution >= 4 is 11.6 Å². The predicted molar refractivity (Wildman–Crippen MR) is 76.7 cm³/mol. The Morgan fingerprint density at radius 1 is 1.10 bits per heavy atom. The van der Waals surface area contributed by atoms with Crippen molar-refractivity contribution in [1.82, 2.24) is 0 Å². The van der Waals surface area contributed by atoms with Crippen LogP contribution < -0.4 is 4.74 Å². The first kappa shape index (κ1) is 15.7. The molecule has 1 atom stereocenters. The van der Waals surface area contributed by atoms with Gasteiger partial charge in [-0.05, 0) is 29.7 Å². The normalized spacial score (nSPS) is 13.0. The molecule has 0 aliphatic rings. The van der Waals surface area contributed by atoms with Gasteiger partial charge in [0.25, 0.3) is 0 Å². The van der Waals surface area contributed by atoms with Gasteiger partial charge in [-0.25, -0.2) is 0 Å². The lowest BCUT2D eigenvalue weighted by molar-refractivity contribution is -0.137. The van der Waals surface area contributed by atoms with E-state index in [1.807, 2.05) is 18.2 Å². The average molecular weight is 315 g/mol. The van der Waals surface area contributed by atoms with Crippen molar-refractivity contribution in [1.29, 1.82) is 0 Å². The number of halogens is 4. The molecule has 0 radical (unpaired) electrons. The fourth-order valence-corrected chi connectivity index (χ4v) is 2.39. The van der Waals surface area contributed by atoms with Crippen molar-refractivity contribution in [3.63, 3.8) is 0 Å². The maximum Gasteiger partial charge on any atom is 0.416 e. The molecule has 0 fully saturated rings. The lowest BCUT2D eigenvalue weighted by Gasteiger charge is -2.14. The molecule has 5 heteroatoms. The molecule has 0 aromatic heterocycles. The summed E-state index contributed by atoms with van der Waals surface area (Å²) in [7, 11) is 1.55. The zero-order chi connectivity index (χ0) is 15.5. The molecule has 0 bridgehead atoms. The minimum atomic E-state index is -4.36. The van der Waals surface area contributed by atoms with Crippen LogP contribution in [0.1, 0.15) is 22.1 Å². The summed E-state index contributed by atoms with van der Waals surface area (Å²) < 4.78 is 43.4. The number of ether oxygens (including phenoxy) is 1. The molecule has 0 aliphatic carbocycles. The van der Waals surface area contributed by atoms with E-state index < -0.39 is 17.1 Å². The van der Waals surface area contributed by atoms with Crippen LogP contribution in [-0.2, 0) is 12.6 Å². The van der Waals surface area contributed by atoms with Crippen LogP contribution >= 0.6 is 11.6 Å². The van der Waals surface area contributed by atoms with Crippen molar-refractivity contribution in [2.24, 2.45) is 0 Å². The van der Waals surface area contributed by atoms with E-state index in [-0.39, 0.29) is 0 Å². The Morgan fingerprint density at radius 2 is 1.81 bits per heavy atom. The highest BCUT2D eigenvalue weighted by Crippen LogP contribution is 2.34. The number of methoxy groups -OCH3 is 1. The molecule has 0 N–H and O–H groups in total. The standard InChI is InChI=1S/C16H14ClF3O/c1-21-15-8-3-2-5-12(15)10-14(17)11-6-4-7-13(9-11)16(18,19)20/h2-9,14H,10H2,1H3. The van der Waals surface area contributed by atoms with Gasteiger partial charge in [-0.3, -0.25) is 0 Å². The molecule has 0 saturated carbocycles. The number of benzene rings is 2. The summed E-state index contributed by atoms with van der Waals surface area (Å²) in [5.74, 6) is 0.676. The highest BCUT2D eigenvalue weighted by Gasteiger charge is 2.30. The van der Waals surface area contributed by atoms with Crippen molar-refractivity contribution < 1.29 is 17.9 Å². The Bertz CT molecular complexity index is 610. The van der Waals surface area contributed by atoms with Gasteiger partial charge >= 0.3 is 6.18 Å². The molecule has 1 unspecified atom stereocenters. The van der Waals surface area contributed by atoms with Crippen molar-refractivity contribution in [3.8, 4) is 5.75 Å². The summed E-state index contributed by atoms with van der Waals surface area (Å²) >= 11 is 6.27. The van der Waals surface area contributed by atoms with Crippen LogP contribution in [0, 0.1) is 0 Å². The smallest absolute Gasteiger partial charge is 0.416 e. The lowest BCUT2D eigenvalue weighted by atomic mass is 10.0. The fraction of sp³-hybridized carbons (Fsp3) is 0.250. The van der Waals surface area contributed by atoms with Crippen LogP contribution in [0.5, 0.6) is 5.75 Å². The number of hydrogen-bond acceptors (Lipinski definition) is 1. The molecular formula is C16H14ClF3O. The summed E-state index contributed by atoms with van der Waals surface area (Å²) in [6.07, 6.45) is -3.97. The first-order valence-corrected chi connectivity index (χ1v) is 6.78. The van der Waals surface area contributed by atoms with Gasteiger partial charge in [0, 0.05) is 0 Å². The van der Waals surface area contributed by atoms with E-state index in [1.165, 1.54) is 6.07 Å². The molecular weight excluding hydrogens is 301 g/mol. The Morgan fingerprint density at radius 3 is 2.48 bits per heavy atom. The van der Waals surface area contributed by atoms with E-state index in [1.54, 1.807) is 19.2 Å². The number of alkyl halides is 4. The SMILES string of the molecule is COc1ccccc1CC(Cl)c1cccc(C(F)(F)F)c1. The van der Waals surface area contributed by atoms with Gasteiger partial charge in [-0.1, -0.05) is 36.4 Å². The van der Waals surface area contributed by atoms with Gasteiger partial charge in [0.2, 0.25) is 0 Å². The maximum atomic E-state index is 12.7. The molecule has 0 aliphatic heterocycles. The Balaban J connectivity index is 2.22. The van der Waals surface area contributed by atoms with E-state index in [9.17, 15) is 13.2 Å². The van der Waals surface area contributed by atoms with Gasteiger partial charge in [0.1, 0.15) is 5.75 Å². The molecule has 0 saturated heterocycles. The van der Waals surface area contributed by atoms with Gasteiger partial charge < -0.3 is 4.74 Å². The van der Waals surface area contributed by atoms with E-state index >= 15 is 0 Å². The Hall–Kier alpha value is -1.68. The van der Waals surface area contributed by atoms with Crippen LogP contribution in [0.3, 0.4) is 0 Å². The minimum absolute atomic E-state index is 0.396. The molecule has 0 amide bonds. The summed E-state index contributed by atoms with van der Waals surface area (Å²) in [6, 6.07) is 12.4. The first-order chi connectivity index (χ1) is 9.91. The Labute approximate surface area is 126 Å². The first-order valence-electron chi connectivity index (χ1n) is 6.35. The summed E-state index contributed by atoms with van der Waals surface area (Å²) in [5.41, 5.74) is 0.612. The van der Waals surface area contributed by atoms with Gasteiger partial charge in [0.05, 0.1) is 18.1 Å². The quantitative estimate of drug-likeness (QED) is 0.702. The van der Waals surface area contributed by atoms with Gasteiger partial charge in [-0.15, -0.1) is 11.6 Å². The summed E-state index contributed by atoms with van der Waals surface area (Å²) in [6.45, 7) is 0. The second kappa shape index (κ2) is 6.39. The summed E-state index contributed by atoms with van der Waals surface area (Å²) in [4.78, 5) is 0. The van der Waals surface area contributed by atoms with Crippen molar-refractivity contribution in [2.45, 2.75) is 18.0 Å². The van der Waals surface area contributed by atoms with Crippen LogP contribution in [0.15, 0.2) is 48.5 Å². The highest BCUT2D eigenvalue weighted by molar-refractivity contribution is 6.21. The zero-order valence-corrected chi connectivity index (χ0v) is 12.1. The molecule has 0 heterocycles. The third kappa shape index (κ3) is 3.91. The molecule has 0 spiro atoms. The molecule has 2 aromatic carbocycles. The Kier molecular flexibility index (Phi) is 4.78. The third-order valence-corrected chi connectivity index (χ3v) is 3.57. The molecule has 1 nitrogen and oxygen atoms in total. The van der Waals surface area contributed by atoms with Gasteiger partial charge in [-0.2, -0.15) is 13.2 Å². The highest BCUT2D eigenvalue weighted by atomic mass is 35.5. The minimum Gasteiger partial charge on any atom is -0.496 e. The molecule has 21 heavy (non-hydrogen) atoms. The van der Waals surface area contributed by atoms with Crippen LogP contribution in [0.25, 0.3) is 0 Å². The zero-order valence-electron chi connectivity index (χ0n) is 11.3. The third-order valence-electron chi connectivity index (χ3n) is 3.17. The summed E-state index contributed by atoms with van der Waals surface area (Å²) in [5, 5.41) is -0.552. The van der Waals surface area contributed by atoms with E-state index in [0.717, 1.165) is 17.7 Å². The van der Waals surface area contributed by atoms with E-state index in [4.69, 9.17) is 16.3 Å². The van der Waals surface area contributed by atoms with Crippen LogP contribution in [0.4, 0.5) is 13.2 Å². The lowest BCUT2D eigenvalue weighted by Crippen LogP contribution is -2.06. The second-order valence-electron chi connectivity index (χ2n) is 4.61. The fourth-order valence-electron chi connectivity index (χ4n) is 2.09. The van der Waals surface area contributed by atoms with Crippen LogP contribution in [0.2, 0.25) is 0 Å². The van der Waals surface area contributed by atoms with E-state index in [0.29, 0.717) is 17.7 Å². The van der Waals surface area contributed by atoms with Crippen molar-refractivity contribution in [2.75, 3.05) is 7.11 Å². The average Bonchev–Trinajstić information content (AvgIpc) is 2.47. The topological polar surface area (TPSA) is 9.23 Å². The van der Waals surface area contributed by atoms with Gasteiger partial charge in [0.15, 0.2) is 0 Å². The van der Waals surface area contributed by atoms with E-state index in [2.05, 4.69) is 0 Å². The van der Waals surface area contributed by atoms with Crippen LogP contribution in [-0.4, -0.2) is 7.11 Å². The monoisotopic (exact) mass is 314 g/mol. The van der Waals surface area contributed by atoms with Crippen molar-refractivity contribution in [3.05, 3.63) is 65.2 Å². The molecule has 2 aromatic rings. The molecule has 2 rings (SSSR count). The number of hydrogen-bond donors (Lipinski definition) is 0. The second-order valence-corrected chi connectivity index (χ2v) is 5.13. The maximum absolute atomic E-state index is 12.7.